The lowest BCUT2D eigenvalue weighted by atomic mass is 10.1. The Kier molecular flexibility index (Phi) is 5.89. The van der Waals surface area contributed by atoms with Gasteiger partial charge in [0.2, 0.25) is 0 Å². The van der Waals surface area contributed by atoms with E-state index in [-0.39, 0.29) is 5.91 Å². The number of thiocarbonyl (C=S) groups is 1. The number of halogens is 1. The molecule has 2 aromatic carbocycles. The van der Waals surface area contributed by atoms with Crippen molar-refractivity contribution in [1.82, 2.24) is 4.90 Å². The first kappa shape index (κ1) is 17.7. The summed E-state index contributed by atoms with van der Waals surface area (Å²) >= 11 is 11.2. The molecule has 0 saturated carbocycles. The van der Waals surface area contributed by atoms with Crippen molar-refractivity contribution >= 4 is 46.2 Å². The number of hydrogen-bond donors (Lipinski definition) is 2. The molecule has 0 radical (unpaired) electrons. The molecule has 1 aliphatic rings. The molecule has 2 aromatic rings. The number of anilines is 2. The molecule has 25 heavy (non-hydrogen) atoms. The van der Waals surface area contributed by atoms with Crippen molar-refractivity contribution in [1.29, 1.82) is 0 Å². The van der Waals surface area contributed by atoms with Crippen LogP contribution in [0.5, 0.6) is 0 Å². The van der Waals surface area contributed by atoms with Gasteiger partial charge in [-0.25, -0.2) is 0 Å². The van der Waals surface area contributed by atoms with Crippen LogP contribution in [-0.4, -0.2) is 29.0 Å². The monoisotopic (exact) mass is 373 g/mol. The Morgan fingerprint density at radius 2 is 1.40 bits per heavy atom. The van der Waals surface area contributed by atoms with Crippen LogP contribution in [0.4, 0.5) is 11.4 Å². The average Bonchev–Trinajstić information content (AvgIpc) is 2.64. The van der Waals surface area contributed by atoms with Gasteiger partial charge in [0.05, 0.1) is 0 Å². The van der Waals surface area contributed by atoms with Crippen molar-refractivity contribution < 1.29 is 4.79 Å². The summed E-state index contributed by atoms with van der Waals surface area (Å²) in [5.41, 5.74) is 2.41. The van der Waals surface area contributed by atoms with Crippen LogP contribution >= 0.6 is 23.8 Å². The van der Waals surface area contributed by atoms with Gasteiger partial charge in [0, 0.05) is 35.1 Å². The quantitative estimate of drug-likeness (QED) is 0.760. The topological polar surface area (TPSA) is 44.4 Å². The number of piperidine rings is 1. The average molecular weight is 374 g/mol. The van der Waals surface area contributed by atoms with Gasteiger partial charge in [0.15, 0.2) is 5.11 Å². The molecule has 1 amide bonds. The molecule has 0 aromatic heterocycles. The minimum atomic E-state index is 0.105. The zero-order valence-electron chi connectivity index (χ0n) is 13.8. The second-order valence-electron chi connectivity index (χ2n) is 6.02. The molecule has 1 fully saturated rings. The van der Waals surface area contributed by atoms with Crippen molar-refractivity contribution in [3.63, 3.8) is 0 Å². The van der Waals surface area contributed by atoms with E-state index in [1.807, 2.05) is 41.3 Å². The molecule has 0 bridgehead atoms. The number of nitrogens with zero attached hydrogens (tertiary/aromatic N) is 1. The zero-order valence-corrected chi connectivity index (χ0v) is 15.4. The van der Waals surface area contributed by atoms with Crippen LogP contribution in [0.15, 0.2) is 48.5 Å². The van der Waals surface area contributed by atoms with Crippen LogP contribution in [-0.2, 0) is 0 Å². The van der Waals surface area contributed by atoms with Crippen molar-refractivity contribution in [2.45, 2.75) is 19.3 Å². The van der Waals surface area contributed by atoms with Crippen molar-refractivity contribution in [2.24, 2.45) is 0 Å². The fourth-order valence-electron chi connectivity index (χ4n) is 2.80. The molecule has 130 valence electrons. The number of likely N-dealkylation sites (tertiary alicyclic amines) is 1. The van der Waals surface area contributed by atoms with E-state index in [2.05, 4.69) is 10.6 Å². The molecule has 6 heteroatoms. The highest BCUT2D eigenvalue weighted by atomic mass is 35.5. The van der Waals surface area contributed by atoms with Gasteiger partial charge in [-0.2, -0.15) is 0 Å². The molecular weight excluding hydrogens is 354 g/mol. The highest BCUT2D eigenvalue weighted by Crippen LogP contribution is 2.17. The maximum Gasteiger partial charge on any atom is 0.253 e. The van der Waals surface area contributed by atoms with Crippen LogP contribution < -0.4 is 10.6 Å². The molecule has 2 N–H and O–H groups in total. The molecule has 4 nitrogen and oxygen atoms in total. The van der Waals surface area contributed by atoms with E-state index < -0.39 is 0 Å². The normalized spacial score (nSPS) is 14.0. The van der Waals surface area contributed by atoms with E-state index in [1.54, 1.807) is 12.1 Å². The zero-order chi connectivity index (χ0) is 17.6. The van der Waals surface area contributed by atoms with E-state index >= 15 is 0 Å². The third-order valence-corrected chi connectivity index (χ3v) is 4.59. The van der Waals surface area contributed by atoms with Gasteiger partial charge < -0.3 is 15.5 Å². The van der Waals surface area contributed by atoms with Gasteiger partial charge >= 0.3 is 0 Å². The standard InChI is InChI=1S/C19H20ClN3OS/c20-15-6-10-17(11-7-15)22-19(25)21-16-8-4-14(5-9-16)18(24)23-12-2-1-3-13-23/h4-11H,1-3,12-13H2,(H2,21,22,25). The third-order valence-electron chi connectivity index (χ3n) is 4.14. The number of amides is 1. The lowest BCUT2D eigenvalue weighted by molar-refractivity contribution is 0.0724. The molecule has 1 heterocycles. The van der Waals surface area contributed by atoms with E-state index in [0.717, 1.165) is 37.3 Å². The molecule has 3 rings (SSSR count). The molecule has 0 unspecified atom stereocenters. The Morgan fingerprint density at radius 1 is 0.880 bits per heavy atom. The van der Waals surface area contributed by atoms with Crippen LogP contribution in [0.2, 0.25) is 5.02 Å². The largest absolute Gasteiger partial charge is 0.339 e. The summed E-state index contributed by atoms with van der Waals surface area (Å²) in [6.07, 6.45) is 3.40. The fraction of sp³-hybridized carbons (Fsp3) is 0.263. The number of hydrogen-bond acceptors (Lipinski definition) is 2. The molecule has 1 saturated heterocycles. The van der Waals surface area contributed by atoms with Crippen molar-refractivity contribution in [3.8, 4) is 0 Å². The maximum absolute atomic E-state index is 12.5. The number of nitrogens with one attached hydrogen (secondary N) is 2. The van der Waals surface area contributed by atoms with Gasteiger partial charge in [-0.05, 0) is 80.0 Å². The Balaban J connectivity index is 1.57. The summed E-state index contributed by atoms with van der Waals surface area (Å²) in [6.45, 7) is 1.71. The fourth-order valence-corrected chi connectivity index (χ4v) is 3.16. The first-order chi connectivity index (χ1) is 12.1. The minimum Gasteiger partial charge on any atom is -0.339 e. The Hall–Kier alpha value is -2.11. The van der Waals surface area contributed by atoms with Crippen LogP contribution in [0, 0.1) is 0 Å². The highest BCUT2D eigenvalue weighted by molar-refractivity contribution is 7.80. The summed E-state index contributed by atoms with van der Waals surface area (Å²) in [7, 11) is 0. The minimum absolute atomic E-state index is 0.105. The number of rotatable bonds is 3. The first-order valence-corrected chi connectivity index (χ1v) is 9.13. The Labute approximate surface area is 158 Å². The van der Waals surface area contributed by atoms with Crippen LogP contribution in [0.1, 0.15) is 29.6 Å². The van der Waals surface area contributed by atoms with Gasteiger partial charge in [-0.3, -0.25) is 4.79 Å². The summed E-state index contributed by atoms with van der Waals surface area (Å²) in [5.74, 6) is 0.105. The van der Waals surface area contributed by atoms with Gasteiger partial charge in [0.25, 0.3) is 5.91 Å². The summed E-state index contributed by atoms with van der Waals surface area (Å²) in [5, 5.41) is 7.37. The second kappa shape index (κ2) is 8.32. The van der Waals surface area contributed by atoms with E-state index in [9.17, 15) is 4.79 Å². The lowest BCUT2D eigenvalue weighted by Gasteiger charge is -2.26. The summed E-state index contributed by atoms with van der Waals surface area (Å²) < 4.78 is 0. The highest BCUT2D eigenvalue weighted by Gasteiger charge is 2.17. The lowest BCUT2D eigenvalue weighted by Crippen LogP contribution is -2.35. The second-order valence-corrected chi connectivity index (χ2v) is 6.86. The van der Waals surface area contributed by atoms with Gasteiger partial charge in [-0.15, -0.1) is 0 Å². The third kappa shape index (κ3) is 4.94. The molecule has 0 aliphatic carbocycles. The molecule has 1 aliphatic heterocycles. The van der Waals surface area contributed by atoms with Crippen molar-refractivity contribution in [3.05, 3.63) is 59.1 Å². The maximum atomic E-state index is 12.5. The smallest absolute Gasteiger partial charge is 0.253 e. The van der Waals surface area contributed by atoms with Gasteiger partial charge in [0.1, 0.15) is 0 Å². The van der Waals surface area contributed by atoms with Crippen LogP contribution in [0.3, 0.4) is 0 Å². The number of benzene rings is 2. The van der Waals surface area contributed by atoms with Crippen molar-refractivity contribution in [2.75, 3.05) is 23.7 Å². The number of carbonyl (C=O) groups excluding carboxylic acids is 1. The predicted molar refractivity (Wildman–Crippen MR) is 107 cm³/mol. The van der Waals surface area contributed by atoms with E-state index in [4.69, 9.17) is 23.8 Å². The summed E-state index contributed by atoms with van der Waals surface area (Å²) in [6, 6.07) is 14.7. The predicted octanol–water partition coefficient (Wildman–Crippen LogP) is 4.78. The Morgan fingerprint density at radius 3 is 1.96 bits per heavy atom. The number of carbonyl (C=O) groups is 1. The van der Waals surface area contributed by atoms with E-state index in [0.29, 0.717) is 15.7 Å². The molecule has 0 spiro atoms. The first-order valence-electron chi connectivity index (χ1n) is 8.35. The Bertz CT molecular complexity index is 740. The van der Waals surface area contributed by atoms with Crippen LogP contribution in [0.25, 0.3) is 0 Å². The van der Waals surface area contributed by atoms with Gasteiger partial charge in [-0.1, -0.05) is 11.6 Å². The molecule has 0 atom stereocenters. The van der Waals surface area contributed by atoms with E-state index in [1.165, 1.54) is 6.42 Å². The summed E-state index contributed by atoms with van der Waals surface area (Å²) in [4.78, 5) is 14.4. The SMILES string of the molecule is O=C(c1ccc(NC(=S)Nc2ccc(Cl)cc2)cc1)N1CCCCC1. The molecular formula is C19H20ClN3OS.